The molecule has 2 rings (SSSR count). The summed E-state index contributed by atoms with van der Waals surface area (Å²) in [6.45, 7) is 2.09. The molecular weight excluding hydrogens is 327 g/mol. The van der Waals surface area contributed by atoms with Crippen LogP contribution in [0.4, 0.5) is 0 Å². The molecule has 7 heteroatoms. The van der Waals surface area contributed by atoms with Gasteiger partial charge in [0.2, 0.25) is 0 Å². The first-order valence-corrected chi connectivity index (χ1v) is 6.49. The molecule has 1 atom stereocenters. The lowest BCUT2D eigenvalue weighted by Crippen LogP contribution is -2.34. The van der Waals surface area contributed by atoms with E-state index in [1.807, 2.05) is 24.3 Å². The summed E-state index contributed by atoms with van der Waals surface area (Å²) < 4.78 is 10.1. The van der Waals surface area contributed by atoms with Crippen LogP contribution >= 0.6 is 24.8 Å². The molecule has 1 heterocycles. The summed E-state index contributed by atoms with van der Waals surface area (Å²) in [5.41, 5.74) is 7.58. The number of pyridine rings is 1. The van der Waals surface area contributed by atoms with Crippen molar-refractivity contribution in [3.63, 3.8) is 0 Å². The van der Waals surface area contributed by atoms with Gasteiger partial charge in [0.25, 0.3) is 0 Å². The first-order chi connectivity index (χ1) is 9.63. The number of ether oxygens (including phenoxy) is 2. The van der Waals surface area contributed by atoms with E-state index in [-0.39, 0.29) is 24.8 Å². The van der Waals surface area contributed by atoms with E-state index < -0.39 is 12.0 Å². The van der Waals surface area contributed by atoms with Crippen molar-refractivity contribution in [1.29, 1.82) is 0 Å². The van der Waals surface area contributed by atoms with Gasteiger partial charge >= 0.3 is 5.97 Å². The monoisotopic (exact) mass is 346 g/mol. The zero-order valence-electron chi connectivity index (χ0n) is 12.4. The smallest absolute Gasteiger partial charge is 0.323 e. The topological polar surface area (TPSA) is 74.4 Å². The molecule has 0 aliphatic heterocycles. The average molecular weight is 347 g/mol. The van der Waals surface area contributed by atoms with Crippen molar-refractivity contribution >= 4 is 41.7 Å². The molecule has 0 bridgehead atoms. The highest BCUT2D eigenvalue weighted by atomic mass is 35.5. The number of methoxy groups -OCH3 is 1. The Morgan fingerprint density at radius 3 is 2.68 bits per heavy atom. The van der Waals surface area contributed by atoms with Gasteiger partial charge < -0.3 is 15.2 Å². The molecule has 122 valence electrons. The molecule has 0 unspecified atom stereocenters. The molecule has 1 aromatic heterocycles. The Bertz CT molecular complexity index is 623. The normalized spacial score (nSPS) is 11.0. The van der Waals surface area contributed by atoms with Crippen LogP contribution in [0, 0.1) is 0 Å². The van der Waals surface area contributed by atoms with Crippen molar-refractivity contribution in [3.05, 3.63) is 36.0 Å². The number of carbonyl (C=O) groups excluding carboxylic acids is 1. The van der Waals surface area contributed by atoms with Crippen LogP contribution in [0.15, 0.2) is 30.5 Å². The fraction of sp³-hybridized carbons (Fsp3) is 0.333. The summed E-state index contributed by atoms with van der Waals surface area (Å²) in [5.74, 6) is 0.379. The molecule has 0 fully saturated rings. The number of carbonyl (C=O) groups is 1. The molecule has 0 spiro atoms. The molecule has 0 aliphatic carbocycles. The molecule has 0 radical (unpaired) electrons. The molecule has 0 amide bonds. The number of hydrogen-bond acceptors (Lipinski definition) is 5. The summed E-state index contributed by atoms with van der Waals surface area (Å²) in [7, 11) is 1.62. The Balaban J connectivity index is 0.00000220. The Morgan fingerprint density at radius 1 is 1.32 bits per heavy atom. The van der Waals surface area contributed by atoms with Crippen LogP contribution in [0.25, 0.3) is 10.9 Å². The number of hydrogen-bond donors (Lipinski definition) is 1. The van der Waals surface area contributed by atoms with Gasteiger partial charge in [0.05, 0.1) is 19.2 Å². The Hall–Kier alpha value is -1.56. The van der Waals surface area contributed by atoms with Crippen LogP contribution in [0.2, 0.25) is 0 Å². The molecule has 0 saturated heterocycles. The molecular formula is C15H20Cl2N2O3. The van der Waals surface area contributed by atoms with Crippen molar-refractivity contribution < 1.29 is 14.3 Å². The van der Waals surface area contributed by atoms with Gasteiger partial charge in [-0.2, -0.15) is 0 Å². The van der Waals surface area contributed by atoms with E-state index in [9.17, 15) is 4.79 Å². The first kappa shape index (κ1) is 20.4. The maximum atomic E-state index is 11.5. The van der Waals surface area contributed by atoms with Gasteiger partial charge in [-0.3, -0.25) is 9.78 Å². The van der Waals surface area contributed by atoms with Crippen LogP contribution in [-0.4, -0.2) is 30.7 Å². The number of benzene rings is 1. The van der Waals surface area contributed by atoms with E-state index >= 15 is 0 Å². The molecule has 5 nitrogen and oxygen atoms in total. The van der Waals surface area contributed by atoms with Crippen molar-refractivity contribution in [3.8, 4) is 5.75 Å². The molecule has 2 N–H and O–H groups in total. The van der Waals surface area contributed by atoms with Gasteiger partial charge in [-0.15, -0.1) is 24.8 Å². The maximum absolute atomic E-state index is 11.5. The van der Waals surface area contributed by atoms with E-state index in [0.29, 0.717) is 13.0 Å². The van der Waals surface area contributed by atoms with Crippen LogP contribution in [0.1, 0.15) is 12.5 Å². The van der Waals surface area contributed by atoms with E-state index in [0.717, 1.165) is 22.2 Å². The minimum Gasteiger partial charge on any atom is -0.497 e. The van der Waals surface area contributed by atoms with Crippen molar-refractivity contribution in [2.45, 2.75) is 19.4 Å². The minimum atomic E-state index is -0.667. The average Bonchev–Trinajstić information content (AvgIpc) is 2.46. The number of rotatable bonds is 5. The number of nitrogens with two attached hydrogens (primary N) is 1. The van der Waals surface area contributed by atoms with Crippen LogP contribution in [0.5, 0.6) is 5.75 Å². The maximum Gasteiger partial charge on any atom is 0.323 e. The zero-order valence-corrected chi connectivity index (χ0v) is 14.1. The lowest BCUT2D eigenvalue weighted by atomic mass is 10.1. The highest BCUT2D eigenvalue weighted by Crippen LogP contribution is 2.20. The Kier molecular flexibility index (Phi) is 8.79. The highest BCUT2D eigenvalue weighted by molar-refractivity contribution is 5.85. The van der Waals surface area contributed by atoms with Crippen molar-refractivity contribution in [2.75, 3.05) is 13.7 Å². The van der Waals surface area contributed by atoms with Gasteiger partial charge in [-0.1, -0.05) is 0 Å². The summed E-state index contributed by atoms with van der Waals surface area (Å²) in [5, 5.41) is 0.956. The van der Waals surface area contributed by atoms with E-state index in [4.69, 9.17) is 15.2 Å². The van der Waals surface area contributed by atoms with E-state index in [1.165, 1.54) is 0 Å². The summed E-state index contributed by atoms with van der Waals surface area (Å²) in [6.07, 6.45) is 2.13. The lowest BCUT2D eigenvalue weighted by molar-refractivity contribution is -0.144. The highest BCUT2D eigenvalue weighted by Gasteiger charge is 2.15. The summed E-state index contributed by atoms with van der Waals surface area (Å²) in [6, 6.07) is 6.95. The number of fused-ring (bicyclic) bond motifs is 1. The number of nitrogens with zero attached hydrogens (tertiary/aromatic N) is 1. The quantitative estimate of drug-likeness (QED) is 0.842. The van der Waals surface area contributed by atoms with Gasteiger partial charge in [0.15, 0.2) is 0 Å². The third-order valence-electron chi connectivity index (χ3n) is 2.99. The fourth-order valence-electron chi connectivity index (χ4n) is 1.98. The Morgan fingerprint density at radius 2 is 2.05 bits per heavy atom. The molecule has 0 aliphatic rings. The zero-order chi connectivity index (χ0) is 14.5. The van der Waals surface area contributed by atoms with Crippen LogP contribution in [-0.2, 0) is 16.0 Å². The third kappa shape index (κ3) is 5.02. The van der Waals surface area contributed by atoms with E-state index in [2.05, 4.69) is 4.98 Å². The summed E-state index contributed by atoms with van der Waals surface area (Å²) >= 11 is 0. The second-order valence-electron chi connectivity index (χ2n) is 4.46. The predicted octanol–water partition coefficient (Wildman–Crippen LogP) is 2.52. The van der Waals surface area contributed by atoms with Crippen molar-refractivity contribution in [1.82, 2.24) is 4.98 Å². The van der Waals surface area contributed by atoms with Gasteiger partial charge in [-0.25, -0.2) is 0 Å². The standard InChI is InChI=1S/C15H18N2O3.2ClH/c1-3-20-15(18)13(16)7-10-6-11-8-12(19-2)4-5-14(11)17-9-10;;/h4-6,8-9,13H,3,7,16H2,1-2H3;2*1H/t13-;;/m0../s1. The Labute approximate surface area is 142 Å². The molecule has 2 aromatic rings. The fourth-order valence-corrected chi connectivity index (χ4v) is 1.98. The lowest BCUT2D eigenvalue weighted by Gasteiger charge is -2.11. The number of aromatic nitrogens is 1. The van der Waals surface area contributed by atoms with Crippen molar-refractivity contribution in [2.24, 2.45) is 5.73 Å². The molecule has 0 saturated carbocycles. The van der Waals surface area contributed by atoms with Gasteiger partial charge in [0, 0.05) is 11.6 Å². The number of halogens is 2. The predicted molar refractivity (Wildman–Crippen MR) is 91.1 cm³/mol. The minimum absolute atomic E-state index is 0. The SMILES string of the molecule is CCOC(=O)[C@@H](N)Cc1cnc2ccc(OC)cc2c1.Cl.Cl. The molecule has 22 heavy (non-hydrogen) atoms. The van der Waals surface area contributed by atoms with Crippen LogP contribution < -0.4 is 10.5 Å². The largest absolute Gasteiger partial charge is 0.497 e. The second kappa shape index (κ2) is 9.46. The molecule has 1 aromatic carbocycles. The van der Waals surface area contributed by atoms with Crippen LogP contribution in [0.3, 0.4) is 0 Å². The van der Waals surface area contributed by atoms with Gasteiger partial charge in [-0.05, 0) is 43.2 Å². The van der Waals surface area contributed by atoms with Gasteiger partial charge in [0.1, 0.15) is 11.8 Å². The third-order valence-corrected chi connectivity index (χ3v) is 2.99. The summed E-state index contributed by atoms with van der Waals surface area (Å²) in [4.78, 5) is 15.9. The second-order valence-corrected chi connectivity index (χ2v) is 4.46. The number of esters is 1. The van der Waals surface area contributed by atoms with E-state index in [1.54, 1.807) is 20.2 Å². The first-order valence-electron chi connectivity index (χ1n) is 6.49.